The van der Waals surface area contributed by atoms with Gasteiger partial charge < -0.3 is 9.80 Å². The molecule has 1 aliphatic rings. The van der Waals surface area contributed by atoms with Crippen LogP contribution in [-0.2, 0) is 11.3 Å². The summed E-state index contributed by atoms with van der Waals surface area (Å²) in [7, 11) is 0. The molecule has 4 heterocycles. The van der Waals surface area contributed by atoms with E-state index in [1.807, 2.05) is 25.3 Å². The zero-order chi connectivity index (χ0) is 19.5. The smallest absolute Gasteiger partial charge is 0.267 e. The van der Waals surface area contributed by atoms with Crippen molar-refractivity contribution < 1.29 is 4.79 Å². The minimum Gasteiger partial charge on any atom is -0.353 e. The lowest BCUT2D eigenvalue weighted by Crippen LogP contribution is -2.50. The average molecular weight is 380 g/mol. The molecule has 1 aliphatic heterocycles. The van der Waals surface area contributed by atoms with E-state index < -0.39 is 0 Å². The molecule has 10 heteroatoms. The van der Waals surface area contributed by atoms with Crippen LogP contribution in [0.2, 0.25) is 0 Å². The molecular weight excluding hydrogens is 360 g/mol. The lowest BCUT2D eigenvalue weighted by molar-refractivity contribution is -0.132. The maximum Gasteiger partial charge on any atom is 0.267 e. The van der Waals surface area contributed by atoms with Gasteiger partial charge in [-0.1, -0.05) is 0 Å². The van der Waals surface area contributed by atoms with E-state index in [-0.39, 0.29) is 18.0 Å². The predicted octanol–water partition coefficient (Wildman–Crippen LogP) is -0.124. The molecule has 0 aliphatic carbocycles. The fourth-order valence-electron chi connectivity index (χ4n) is 3.14. The summed E-state index contributed by atoms with van der Waals surface area (Å²) in [6, 6.07) is 6.69. The lowest BCUT2D eigenvalue weighted by atomic mass is 10.3. The number of aromatic nitrogens is 6. The Balaban J connectivity index is 1.42. The number of anilines is 1. The molecule has 0 N–H and O–H groups in total. The summed E-state index contributed by atoms with van der Waals surface area (Å²) in [5.74, 6) is 2.07. The third-order valence-corrected chi connectivity index (χ3v) is 4.58. The van der Waals surface area contributed by atoms with E-state index in [2.05, 4.69) is 25.1 Å². The van der Waals surface area contributed by atoms with Crippen molar-refractivity contribution >= 4 is 11.7 Å². The van der Waals surface area contributed by atoms with E-state index in [4.69, 9.17) is 0 Å². The van der Waals surface area contributed by atoms with Crippen LogP contribution in [0.5, 0.6) is 0 Å². The van der Waals surface area contributed by atoms with Crippen LogP contribution in [0.3, 0.4) is 0 Å². The molecule has 3 aromatic heterocycles. The van der Waals surface area contributed by atoms with E-state index in [9.17, 15) is 9.59 Å². The summed E-state index contributed by atoms with van der Waals surface area (Å²) in [6.07, 6.45) is 5.04. The second kappa shape index (κ2) is 7.59. The van der Waals surface area contributed by atoms with Crippen molar-refractivity contribution in [1.82, 2.24) is 34.4 Å². The van der Waals surface area contributed by atoms with E-state index in [0.717, 1.165) is 5.82 Å². The highest BCUT2D eigenvalue weighted by molar-refractivity contribution is 5.76. The molecule has 0 aromatic carbocycles. The zero-order valence-corrected chi connectivity index (χ0v) is 15.5. The molecule has 144 valence electrons. The van der Waals surface area contributed by atoms with Crippen LogP contribution in [0, 0.1) is 6.92 Å². The minimum atomic E-state index is -0.280. The van der Waals surface area contributed by atoms with Gasteiger partial charge in [0.05, 0.1) is 0 Å². The number of carbonyl (C=O) groups is 1. The van der Waals surface area contributed by atoms with Gasteiger partial charge in [-0.25, -0.2) is 19.3 Å². The highest BCUT2D eigenvalue weighted by atomic mass is 16.2. The zero-order valence-electron chi connectivity index (χ0n) is 15.5. The average Bonchev–Trinajstić information content (AvgIpc) is 3.24. The number of carbonyl (C=O) groups excluding carboxylic acids is 1. The van der Waals surface area contributed by atoms with Gasteiger partial charge in [0.2, 0.25) is 5.91 Å². The molecule has 0 atom stereocenters. The Kier molecular flexibility index (Phi) is 4.83. The van der Waals surface area contributed by atoms with E-state index in [1.165, 1.54) is 16.9 Å². The van der Waals surface area contributed by atoms with Crippen molar-refractivity contribution in [3.63, 3.8) is 0 Å². The highest BCUT2D eigenvalue weighted by Crippen LogP contribution is 2.17. The van der Waals surface area contributed by atoms with Crippen molar-refractivity contribution in [2.24, 2.45) is 0 Å². The number of nitrogens with zero attached hydrogens (tertiary/aromatic N) is 8. The Morgan fingerprint density at radius 2 is 1.79 bits per heavy atom. The third-order valence-electron chi connectivity index (χ3n) is 4.58. The van der Waals surface area contributed by atoms with Gasteiger partial charge >= 0.3 is 0 Å². The van der Waals surface area contributed by atoms with Crippen molar-refractivity contribution in [2.45, 2.75) is 13.5 Å². The molecule has 10 nitrogen and oxygen atoms in total. The molecule has 0 bridgehead atoms. The first-order valence-corrected chi connectivity index (χ1v) is 9.01. The van der Waals surface area contributed by atoms with Crippen LogP contribution in [-0.4, -0.2) is 66.5 Å². The summed E-state index contributed by atoms with van der Waals surface area (Å²) < 4.78 is 2.88. The van der Waals surface area contributed by atoms with Crippen LogP contribution >= 0.6 is 0 Å². The summed E-state index contributed by atoms with van der Waals surface area (Å²) in [6.45, 7) is 4.22. The van der Waals surface area contributed by atoms with E-state index in [0.29, 0.717) is 37.8 Å². The van der Waals surface area contributed by atoms with Crippen LogP contribution in [0.15, 0.2) is 47.7 Å². The number of aryl methyl sites for hydroxylation is 1. The topological polar surface area (TPSA) is 102 Å². The number of piperazine rings is 1. The summed E-state index contributed by atoms with van der Waals surface area (Å²) >= 11 is 0. The number of hydrogen-bond acceptors (Lipinski definition) is 7. The number of hydrogen-bond donors (Lipinski definition) is 0. The first kappa shape index (κ1) is 17.8. The van der Waals surface area contributed by atoms with Crippen LogP contribution < -0.4 is 10.5 Å². The molecule has 0 radical (unpaired) electrons. The molecule has 1 fully saturated rings. The normalized spacial score (nSPS) is 14.3. The van der Waals surface area contributed by atoms with Gasteiger partial charge in [-0.3, -0.25) is 9.59 Å². The molecular formula is C18H20N8O2. The molecule has 0 unspecified atom stereocenters. The second-order valence-corrected chi connectivity index (χ2v) is 6.47. The summed E-state index contributed by atoms with van der Waals surface area (Å²) in [5.41, 5.74) is -0.280. The van der Waals surface area contributed by atoms with Crippen LogP contribution in [0.25, 0.3) is 5.82 Å². The standard InChI is InChI=1S/C18H20N8O2/c1-14-21-15(12-16(22-14)25-7-3-6-19-25)23-8-10-24(11-9-23)18(28)13-26-17(27)4-2-5-20-26/h2-7,12H,8-11,13H2,1H3. The van der Waals surface area contributed by atoms with Crippen molar-refractivity contribution in [3.05, 3.63) is 59.0 Å². The maximum atomic E-state index is 12.5. The van der Waals surface area contributed by atoms with Gasteiger partial charge in [-0.15, -0.1) is 0 Å². The Labute approximate surface area is 161 Å². The minimum absolute atomic E-state index is 0.0459. The van der Waals surface area contributed by atoms with Gasteiger partial charge in [0.15, 0.2) is 5.82 Å². The van der Waals surface area contributed by atoms with Crippen LogP contribution in [0.1, 0.15) is 5.82 Å². The van der Waals surface area contributed by atoms with Gasteiger partial charge in [-0.05, 0) is 19.1 Å². The Morgan fingerprint density at radius 3 is 2.50 bits per heavy atom. The first-order chi connectivity index (χ1) is 13.6. The molecule has 0 spiro atoms. The molecule has 1 saturated heterocycles. The number of rotatable bonds is 4. The lowest BCUT2D eigenvalue weighted by Gasteiger charge is -2.35. The molecule has 28 heavy (non-hydrogen) atoms. The van der Waals surface area contributed by atoms with Gasteiger partial charge in [0.25, 0.3) is 5.56 Å². The maximum absolute atomic E-state index is 12.5. The van der Waals surface area contributed by atoms with Crippen molar-refractivity contribution in [3.8, 4) is 5.82 Å². The quantitative estimate of drug-likeness (QED) is 0.622. The van der Waals surface area contributed by atoms with Gasteiger partial charge in [0.1, 0.15) is 18.2 Å². The SMILES string of the molecule is Cc1nc(N2CCN(C(=O)Cn3ncccc3=O)CC2)cc(-n2cccn2)n1. The third kappa shape index (κ3) is 3.75. The monoisotopic (exact) mass is 380 g/mol. The summed E-state index contributed by atoms with van der Waals surface area (Å²) in [5, 5.41) is 8.16. The molecule has 0 saturated carbocycles. The predicted molar refractivity (Wildman–Crippen MR) is 101 cm³/mol. The van der Waals surface area contributed by atoms with Crippen LogP contribution in [0.4, 0.5) is 5.82 Å². The Hall–Kier alpha value is -3.56. The molecule has 4 rings (SSSR count). The fourth-order valence-corrected chi connectivity index (χ4v) is 3.14. The second-order valence-electron chi connectivity index (χ2n) is 6.47. The first-order valence-electron chi connectivity index (χ1n) is 9.01. The van der Waals surface area contributed by atoms with Gasteiger partial charge in [0, 0.05) is 56.9 Å². The largest absolute Gasteiger partial charge is 0.353 e. The Bertz CT molecular complexity index is 1020. The highest BCUT2D eigenvalue weighted by Gasteiger charge is 2.23. The van der Waals surface area contributed by atoms with E-state index in [1.54, 1.807) is 21.8 Å². The Morgan fingerprint density at radius 1 is 1.04 bits per heavy atom. The van der Waals surface area contributed by atoms with Crippen molar-refractivity contribution in [1.29, 1.82) is 0 Å². The molecule has 1 amide bonds. The molecule has 3 aromatic rings. The fraction of sp³-hybridized carbons (Fsp3) is 0.333. The summed E-state index contributed by atoms with van der Waals surface area (Å²) in [4.78, 5) is 37.1. The van der Waals surface area contributed by atoms with Gasteiger partial charge in [-0.2, -0.15) is 10.2 Å². The number of amides is 1. The van der Waals surface area contributed by atoms with E-state index >= 15 is 0 Å². The van der Waals surface area contributed by atoms with Crippen molar-refractivity contribution in [2.75, 3.05) is 31.1 Å².